The molecule has 0 radical (unpaired) electrons. The van der Waals surface area contributed by atoms with E-state index in [1.165, 1.54) is 0 Å². The minimum Gasteiger partial charge on any atom is -0.394 e. The summed E-state index contributed by atoms with van der Waals surface area (Å²) in [5.41, 5.74) is -1.46. The second-order valence-electron chi connectivity index (χ2n) is 4.25. The first-order chi connectivity index (χ1) is 5.28. The first kappa shape index (κ1) is 11.8. The Labute approximate surface area is 73.4 Å². The Bertz CT molecular complexity index is 129. The molecule has 0 heterocycles. The highest BCUT2D eigenvalue weighted by atomic mass is 16.5. The highest BCUT2D eigenvalue weighted by Crippen LogP contribution is 2.21. The quantitative estimate of drug-likeness (QED) is 0.537. The van der Waals surface area contributed by atoms with Crippen molar-refractivity contribution in [2.24, 2.45) is 0 Å². The average Bonchev–Trinajstić information content (AvgIpc) is 2.03. The maximum Gasteiger partial charge on any atom is 0.0641 e. The molecular formula is C8H19NO3. The maximum atomic E-state index is 9.62. The normalized spacial score (nSPS) is 14.0. The molecule has 0 aromatic carbocycles. The molecule has 0 spiro atoms. The number of hydrogen-bond donors (Lipinski definition) is 3. The lowest BCUT2D eigenvalue weighted by atomic mass is 9.98. The van der Waals surface area contributed by atoms with E-state index in [1.807, 2.05) is 0 Å². The zero-order valence-electron chi connectivity index (χ0n) is 8.20. The highest BCUT2D eigenvalue weighted by Gasteiger charge is 2.36. The zero-order chi connectivity index (χ0) is 9.99. The van der Waals surface area contributed by atoms with E-state index in [0.717, 1.165) is 5.06 Å². The molecule has 0 aromatic heterocycles. The van der Waals surface area contributed by atoms with Gasteiger partial charge in [-0.25, -0.2) is 0 Å². The Hall–Kier alpha value is -0.160. The molecule has 0 aliphatic carbocycles. The van der Waals surface area contributed by atoms with Gasteiger partial charge in [0.05, 0.1) is 24.3 Å². The molecule has 0 atom stereocenters. The van der Waals surface area contributed by atoms with Crippen LogP contribution in [0.4, 0.5) is 0 Å². The third kappa shape index (κ3) is 2.42. The summed E-state index contributed by atoms with van der Waals surface area (Å²) in [6, 6.07) is 0. The van der Waals surface area contributed by atoms with Crippen molar-refractivity contribution in [1.82, 2.24) is 5.06 Å². The smallest absolute Gasteiger partial charge is 0.0641 e. The molecular weight excluding hydrogens is 158 g/mol. The van der Waals surface area contributed by atoms with Crippen molar-refractivity contribution in [2.45, 2.75) is 38.8 Å². The third-order valence-electron chi connectivity index (χ3n) is 1.92. The molecule has 4 nitrogen and oxygen atoms in total. The van der Waals surface area contributed by atoms with Crippen LogP contribution in [0.1, 0.15) is 27.7 Å². The van der Waals surface area contributed by atoms with E-state index in [-0.39, 0.29) is 13.2 Å². The summed E-state index contributed by atoms with van der Waals surface area (Å²) in [4.78, 5) is 0. The van der Waals surface area contributed by atoms with Crippen LogP contribution in [0.15, 0.2) is 0 Å². The fraction of sp³-hybridized carbons (Fsp3) is 1.00. The van der Waals surface area contributed by atoms with Gasteiger partial charge in [-0.2, -0.15) is 5.06 Å². The summed E-state index contributed by atoms with van der Waals surface area (Å²) < 4.78 is 0. The van der Waals surface area contributed by atoms with Gasteiger partial charge < -0.3 is 15.4 Å². The Balaban J connectivity index is 4.47. The van der Waals surface area contributed by atoms with Crippen LogP contribution in [0.3, 0.4) is 0 Å². The number of hydrogen-bond acceptors (Lipinski definition) is 4. The predicted molar refractivity (Wildman–Crippen MR) is 46.0 cm³/mol. The summed E-state index contributed by atoms with van der Waals surface area (Å²) in [6.07, 6.45) is 0. The molecule has 0 aliphatic rings. The SMILES string of the molecule is CC(C)(CO)N(O)C(C)(C)CO. The molecule has 0 rings (SSSR count). The molecule has 0 aliphatic heterocycles. The van der Waals surface area contributed by atoms with Gasteiger partial charge in [0.1, 0.15) is 0 Å². The number of aliphatic hydroxyl groups is 2. The lowest BCUT2D eigenvalue weighted by molar-refractivity contribution is -0.239. The number of rotatable bonds is 4. The zero-order valence-corrected chi connectivity index (χ0v) is 8.20. The van der Waals surface area contributed by atoms with E-state index >= 15 is 0 Å². The van der Waals surface area contributed by atoms with Crippen LogP contribution in [0, 0.1) is 0 Å². The third-order valence-corrected chi connectivity index (χ3v) is 1.92. The van der Waals surface area contributed by atoms with Crippen LogP contribution in [0.5, 0.6) is 0 Å². The van der Waals surface area contributed by atoms with Gasteiger partial charge in [-0.3, -0.25) is 0 Å². The van der Waals surface area contributed by atoms with Crippen LogP contribution in [0.2, 0.25) is 0 Å². The van der Waals surface area contributed by atoms with Gasteiger partial charge in [-0.1, -0.05) is 0 Å². The summed E-state index contributed by atoms with van der Waals surface area (Å²) >= 11 is 0. The van der Waals surface area contributed by atoms with Crippen molar-refractivity contribution in [1.29, 1.82) is 0 Å². The Morgan fingerprint density at radius 3 is 1.33 bits per heavy atom. The molecule has 0 amide bonds. The van der Waals surface area contributed by atoms with Crippen molar-refractivity contribution in [3.05, 3.63) is 0 Å². The van der Waals surface area contributed by atoms with Crippen LogP contribution in [-0.2, 0) is 0 Å². The topological polar surface area (TPSA) is 63.9 Å². The van der Waals surface area contributed by atoms with Gasteiger partial charge in [0.15, 0.2) is 0 Å². The minimum atomic E-state index is -0.730. The van der Waals surface area contributed by atoms with Crippen molar-refractivity contribution in [2.75, 3.05) is 13.2 Å². The van der Waals surface area contributed by atoms with Crippen molar-refractivity contribution < 1.29 is 15.4 Å². The van der Waals surface area contributed by atoms with Crippen LogP contribution in [0.25, 0.3) is 0 Å². The monoisotopic (exact) mass is 177 g/mol. The highest BCUT2D eigenvalue weighted by molar-refractivity contribution is 4.85. The Morgan fingerprint density at radius 1 is 0.917 bits per heavy atom. The number of hydroxylamine groups is 2. The van der Waals surface area contributed by atoms with Crippen molar-refractivity contribution in [3.8, 4) is 0 Å². The summed E-state index contributed by atoms with van der Waals surface area (Å²) in [5.74, 6) is 0. The first-order valence-corrected chi connectivity index (χ1v) is 3.99. The number of nitrogens with zero attached hydrogens (tertiary/aromatic N) is 1. The summed E-state index contributed by atoms with van der Waals surface area (Å²) in [7, 11) is 0. The molecule has 0 aromatic rings. The van der Waals surface area contributed by atoms with Crippen molar-refractivity contribution >= 4 is 0 Å². The second kappa shape index (κ2) is 3.70. The molecule has 0 saturated heterocycles. The molecule has 0 fully saturated rings. The Morgan fingerprint density at radius 2 is 1.17 bits per heavy atom. The van der Waals surface area contributed by atoms with Gasteiger partial charge in [0.25, 0.3) is 0 Å². The Kier molecular flexibility index (Phi) is 3.65. The predicted octanol–water partition coefficient (Wildman–Crippen LogP) is 0.219. The van der Waals surface area contributed by atoms with E-state index in [1.54, 1.807) is 27.7 Å². The largest absolute Gasteiger partial charge is 0.394 e. The molecule has 4 heteroatoms. The van der Waals surface area contributed by atoms with Crippen LogP contribution in [-0.4, -0.2) is 44.8 Å². The van der Waals surface area contributed by atoms with Crippen LogP contribution >= 0.6 is 0 Å². The van der Waals surface area contributed by atoms with Gasteiger partial charge in [-0.15, -0.1) is 0 Å². The summed E-state index contributed by atoms with van der Waals surface area (Å²) in [6.45, 7) is 6.48. The van der Waals surface area contributed by atoms with E-state index in [4.69, 9.17) is 10.2 Å². The molecule has 74 valence electrons. The molecule has 0 bridgehead atoms. The second-order valence-corrected chi connectivity index (χ2v) is 4.25. The van der Waals surface area contributed by atoms with E-state index in [0.29, 0.717) is 0 Å². The lowest BCUT2D eigenvalue weighted by Gasteiger charge is -2.41. The molecule has 0 unspecified atom stereocenters. The number of aliphatic hydroxyl groups excluding tert-OH is 2. The molecule has 0 saturated carbocycles. The fourth-order valence-corrected chi connectivity index (χ4v) is 0.953. The van der Waals surface area contributed by atoms with E-state index in [9.17, 15) is 5.21 Å². The van der Waals surface area contributed by atoms with Crippen molar-refractivity contribution in [3.63, 3.8) is 0 Å². The van der Waals surface area contributed by atoms with Gasteiger partial charge >= 0.3 is 0 Å². The lowest BCUT2D eigenvalue weighted by Crippen LogP contribution is -2.57. The molecule has 3 N–H and O–H groups in total. The summed E-state index contributed by atoms with van der Waals surface area (Å²) in [5, 5.41) is 28.5. The minimum absolute atomic E-state index is 0.160. The van der Waals surface area contributed by atoms with Gasteiger partial charge in [0, 0.05) is 0 Å². The van der Waals surface area contributed by atoms with Crippen LogP contribution < -0.4 is 0 Å². The standard InChI is InChI=1S/C8H19NO3/c1-7(2,5-10)9(12)8(3,4)6-11/h10-12H,5-6H2,1-4H3. The van der Waals surface area contributed by atoms with Gasteiger partial charge in [0.2, 0.25) is 0 Å². The van der Waals surface area contributed by atoms with E-state index < -0.39 is 11.1 Å². The maximum absolute atomic E-state index is 9.62. The van der Waals surface area contributed by atoms with E-state index in [2.05, 4.69) is 0 Å². The van der Waals surface area contributed by atoms with Gasteiger partial charge in [-0.05, 0) is 27.7 Å². The average molecular weight is 177 g/mol. The molecule has 12 heavy (non-hydrogen) atoms. The fourth-order valence-electron chi connectivity index (χ4n) is 0.953. The first-order valence-electron chi connectivity index (χ1n) is 3.99.